The molecule has 1 aliphatic heterocycles. The molecule has 4 nitrogen and oxygen atoms in total. The van der Waals surface area contributed by atoms with Gasteiger partial charge in [0.05, 0.1) is 0 Å². The molecule has 0 radical (unpaired) electrons. The van der Waals surface area contributed by atoms with Gasteiger partial charge in [-0.15, -0.1) is 34.2 Å². The number of rotatable bonds is 2. The van der Waals surface area contributed by atoms with Crippen LogP contribution >= 0.6 is 58.3 Å². The number of halogens is 2. The highest BCUT2D eigenvalue weighted by atomic mass is 127. The van der Waals surface area contributed by atoms with E-state index in [1.165, 1.54) is 0 Å². The molecule has 0 spiro atoms. The molecule has 0 aliphatic carbocycles. The minimum absolute atomic E-state index is 0. The number of hydrogen-bond acceptors (Lipinski definition) is 4. The third kappa shape index (κ3) is 2.60. The van der Waals surface area contributed by atoms with Crippen molar-refractivity contribution < 1.29 is 0 Å². The summed E-state index contributed by atoms with van der Waals surface area (Å²) in [4.78, 5) is 4.02. The van der Waals surface area contributed by atoms with E-state index in [0.29, 0.717) is 5.25 Å². The van der Waals surface area contributed by atoms with Crippen molar-refractivity contribution in [2.75, 3.05) is 4.43 Å². The van der Waals surface area contributed by atoms with Gasteiger partial charge < -0.3 is 4.57 Å². The first-order valence-corrected chi connectivity index (χ1v) is 7.35. The zero-order chi connectivity index (χ0) is 11.0. The molecule has 1 atom stereocenters. The average Bonchev–Trinajstić information content (AvgIpc) is 2.88. The Kier molecular flexibility index (Phi) is 4.64. The number of aromatic nitrogens is 4. The van der Waals surface area contributed by atoms with Crippen molar-refractivity contribution in [2.24, 2.45) is 0 Å². The molecule has 0 aromatic carbocycles. The Morgan fingerprint density at radius 3 is 2.82 bits per heavy atom. The van der Waals surface area contributed by atoms with Crippen molar-refractivity contribution in [3.8, 4) is 11.4 Å². The zero-order valence-corrected chi connectivity index (χ0v) is 14.1. The zero-order valence-electron chi connectivity index (χ0n) is 8.78. The Morgan fingerprint density at radius 1 is 1.35 bits per heavy atom. The van der Waals surface area contributed by atoms with Gasteiger partial charge in [0.1, 0.15) is 0 Å². The van der Waals surface area contributed by atoms with Crippen molar-refractivity contribution >= 4 is 58.3 Å². The molecule has 2 aromatic heterocycles. The van der Waals surface area contributed by atoms with Crippen LogP contribution in [0.4, 0.5) is 0 Å². The largest absolute Gasteiger partial charge is 0.301 e. The van der Waals surface area contributed by atoms with Gasteiger partial charge in [-0.05, 0) is 12.1 Å². The molecule has 90 valence electrons. The van der Waals surface area contributed by atoms with Gasteiger partial charge in [0.25, 0.3) is 0 Å². The number of pyridine rings is 1. The summed E-state index contributed by atoms with van der Waals surface area (Å²) >= 11 is 4.24. The van der Waals surface area contributed by atoms with Crippen LogP contribution in [0.25, 0.3) is 11.4 Å². The lowest BCUT2D eigenvalue weighted by Gasteiger charge is -2.04. The monoisotopic (exact) mass is 472 g/mol. The van der Waals surface area contributed by atoms with Crippen LogP contribution in [0.3, 0.4) is 0 Å². The number of nitrogens with zero attached hydrogens (tertiary/aromatic N) is 4. The van der Waals surface area contributed by atoms with Crippen LogP contribution in [0.15, 0.2) is 29.7 Å². The molecule has 17 heavy (non-hydrogen) atoms. The first-order chi connectivity index (χ1) is 7.88. The second-order valence-electron chi connectivity index (χ2n) is 3.55. The van der Waals surface area contributed by atoms with E-state index in [1.54, 1.807) is 12.4 Å². The number of hydrogen-bond donors (Lipinski definition) is 0. The highest BCUT2D eigenvalue weighted by molar-refractivity contribution is 14.1. The summed E-state index contributed by atoms with van der Waals surface area (Å²) in [5.74, 6) is 0.956. The Morgan fingerprint density at radius 2 is 2.12 bits per heavy atom. The predicted molar refractivity (Wildman–Crippen MR) is 87.2 cm³/mol. The van der Waals surface area contributed by atoms with Crippen molar-refractivity contribution in [1.29, 1.82) is 0 Å². The van der Waals surface area contributed by atoms with Crippen molar-refractivity contribution in [3.63, 3.8) is 0 Å². The summed E-state index contributed by atoms with van der Waals surface area (Å²) in [6, 6.07) is 3.94. The SMILES string of the molecule is I.ICC1Cn2c(nnc2-c2ccncc2)S1. The fourth-order valence-corrected chi connectivity index (χ4v) is 3.50. The maximum Gasteiger partial charge on any atom is 0.191 e. The van der Waals surface area contributed by atoms with Gasteiger partial charge in [-0.1, -0.05) is 34.4 Å². The molecule has 3 heterocycles. The molecule has 1 aliphatic rings. The topological polar surface area (TPSA) is 43.6 Å². The van der Waals surface area contributed by atoms with Gasteiger partial charge in [0.2, 0.25) is 0 Å². The molecular weight excluding hydrogens is 462 g/mol. The first-order valence-electron chi connectivity index (χ1n) is 4.94. The molecule has 0 N–H and O–H groups in total. The summed E-state index contributed by atoms with van der Waals surface area (Å²) in [5, 5.41) is 10.1. The first kappa shape index (κ1) is 13.5. The second-order valence-corrected chi connectivity index (χ2v) is 5.70. The maximum absolute atomic E-state index is 4.24. The van der Waals surface area contributed by atoms with Gasteiger partial charge >= 0.3 is 0 Å². The van der Waals surface area contributed by atoms with E-state index in [1.807, 2.05) is 23.9 Å². The number of fused-ring (bicyclic) bond motifs is 1. The molecule has 0 saturated carbocycles. The van der Waals surface area contributed by atoms with Gasteiger partial charge in [-0.3, -0.25) is 4.98 Å². The van der Waals surface area contributed by atoms with Crippen molar-refractivity contribution in [3.05, 3.63) is 24.5 Å². The number of thioether (sulfide) groups is 1. The highest BCUT2D eigenvalue weighted by Gasteiger charge is 2.26. The maximum atomic E-state index is 4.24. The lowest BCUT2D eigenvalue weighted by Crippen LogP contribution is -2.07. The molecule has 0 saturated heterocycles. The normalized spacial score (nSPS) is 17.6. The lowest BCUT2D eigenvalue weighted by molar-refractivity contribution is 0.681. The fraction of sp³-hybridized carbons (Fsp3) is 0.300. The molecule has 2 aromatic rings. The van der Waals surface area contributed by atoms with Crippen LogP contribution in [0.5, 0.6) is 0 Å². The third-order valence-electron chi connectivity index (χ3n) is 2.49. The van der Waals surface area contributed by atoms with Crippen LogP contribution in [-0.4, -0.2) is 29.4 Å². The minimum atomic E-state index is 0. The van der Waals surface area contributed by atoms with Crippen molar-refractivity contribution in [2.45, 2.75) is 17.0 Å². The standard InChI is InChI=1S/C10H9IN4S.HI/c11-5-8-6-15-9(13-14-10(15)16-8)7-1-3-12-4-2-7;/h1-4,8H,5-6H2;1H. The lowest BCUT2D eigenvalue weighted by atomic mass is 10.2. The van der Waals surface area contributed by atoms with Crippen LogP contribution in [0, 0.1) is 0 Å². The van der Waals surface area contributed by atoms with Gasteiger partial charge in [0, 0.05) is 34.2 Å². The Hall–Kier alpha value is 0.1000. The molecule has 0 amide bonds. The molecule has 0 fully saturated rings. The molecule has 3 rings (SSSR count). The van der Waals surface area contributed by atoms with E-state index in [9.17, 15) is 0 Å². The predicted octanol–water partition coefficient (Wildman–Crippen LogP) is 2.87. The van der Waals surface area contributed by atoms with Gasteiger partial charge in [0.15, 0.2) is 11.0 Å². The van der Waals surface area contributed by atoms with Crippen LogP contribution in [0.1, 0.15) is 0 Å². The highest BCUT2D eigenvalue weighted by Crippen LogP contribution is 2.34. The van der Waals surface area contributed by atoms with Gasteiger partial charge in [-0.25, -0.2) is 0 Å². The van der Waals surface area contributed by atoms with Crippen LogP contribution in [-0.2, 0) is 6.54 Å². The average molecular weight is 472 g/mol. The summed E-state index contributed by atoms with van der Waals surface area (Å²) < 4.78 is 3.34. The minimum Gasteiger partial charge on any atom is -0.301 e. The molecule has 0 bridgehead atoms. The summed E-state index contributed by atoms with van der Waals surface area (Å²) in [6.07, 6.45) is 3.57. The van der Waals surface area contributed by atoms with E-state index in [4.69, 9.17) is 0 Å². The molecule has 7 heteroatoms. The second kappa shape index (κ2) is 5.83. The van der Waals surface area contributed by atoms with E-state index in [0.717, 1.165) is 27.5 Å². The van der Waals surface area contributed by atoms with Gasteiger partial charge in [-0.2, -0.15) is 0 Å². The summed E-state index contributed by atoms with van der Waals surface area (Å²) in [6.45, 7) is 1.01. The van der Waals surface area contributed by atoms with E-state index in [2.05, 4.69) is 42.3 Å². The molecular formula is C10H10I2N4S. The molecule has 1 unspecified atom stereocenters. The quantitative estimate of drug-likeness (QED) is 0.499. The van der Waals surface area contributed by atoms with E-state index < -0.39 is 0 Å². The summed E-state index contributed by atoms with van der Waals surface area (Å²) in [5.41, 5.74) is 1.09. The van der Waals surface area contributed by atoms with Crippen molar-refractivity contribution in [1.82, 2.24) is 19.7 Å². The van der Waals surface area contributed by atoms with Crippen LogP contribution in [0.2, 0.25) is 0 Å². The van der Waals surface area contributed by atoms with Crippen LogP contribution < -0.4 is 0 Å². The Balaban J connectivity index is 0.00000108. The summed E-state index contributed by atoms with van der Waals surface area (Å²) in [7, 11) is 0. The van der Waals surface area contributed by atoms with E-state index >= 15 is 0 Å². The number of alkyl halides is 1. The van der Waals surface area contributed by atoms with E-state index in [-0.39, 0.29) is 24.0 Å². The fourth-order valence-electron chi connectivity index (χ4n) is 1.73. The smallest absolute Gasteiger partial charge is 0.191 e. The third-order valence-corrected chi connectivity index (χ3v) is 5.31. The Bertz CT molecular complexity index is 502. The Labute approximate surface area is 134 Å².